The van der Waals surface area contributed by atoms with E-state index in [1.165, 1.54) is 20.6 Å². The molecule has 3 aliphatic rings. The Morgan fingerprint density at radius 2 is 1.88 bits per heavy atom. The summed E-state index contributed by atoms with van der Waals surface area (Å²) >= 11 is 3.70. The average molecular weight is 521 g/mol. The summed E-state index contributed by atoms with van der Waals surface area (Å²) in [6, 6.07) is 14.9. The minimum absolute atomic E-state index is 0. The molecule has 1 amide bonds. The number of para-hydroxylation sites is 1. The fraction of sp³-hybridized carbons (Fsp3) is 0.375. The molecule has 0 N–H and O–H groups in total. The van der Waals surface area contributed by atoms with Crippen molar-refractivity contribution < 1.29 is 21.8 Å². The molecule has 5 nitrogen and oxygen atoms in total. The number of carbonyl (C=O) groups excluding carboxylic acids is 1. The third-order valence-electron chi connectivity index (χ3n) is 6.11. The number of thioether (sulfide) groups is 2. The van der Waals surface area contributed by atoms with Gasteiger partial charge in [0.05, 0.1) is 27.5 Å². The van der Waals surface area contributed by atoms with Crippen LogP contribution in [-0.4, -0.2) is 51.8 Å². The number of amides is 1. The minimum atomic E-state index is -0.222. The Labute approximate surface area is 213 Å². The van der Waals surface area contributed by atoms with Gasteiger partial charge >= 0.3 is 0 Å². The highest BCUT2D eigenvalue weighted by atomic mass is 35.5. The predicted molar refractivity (Wildman–Crippen MR) is 138 cm³/mol. The van der Waals surface area contributed by atoms with Crippen LogP contribution < -0.4 is 21.9 Å². The molecule has 176 valence electrons. The van der Waals surface area contributed by atoms with Gasteiger partial charge < -0.3 is 22.2 Å². The maximum absolute atomic E-state index is 13.5. The van der Waals surface area contributed by atoms with E-state index in [4.69, 9.17) is 0 Å². The van der Waals surface area contributed by atoms with E-state index in [-0.39, 0.29) is 28.8 Å². The summed E-state index contributed by atoms with van der Waals surface area (Å²) in [5.41, 5.74) is 2.52. The maximum atomic E-state index is 13.5. The predicted octanol–water partition coefficient (Wildman–Crippen LogP) is 1.13. The average Bonchev–Trinajstić information content (AvgIpc) is 3.50. The van der Waals surface area contributed by atoms with Gasteiger partial charge in [-0.2, -0.15) is 0 Å². The van der Waals surface area contributed by atoms with E-state index in [1.54, 1.807) is 11.8 Å². The minimum Gasteiger partial charge on any atom is -1.00 e. The molecule has 1 aromatic carbocycles. The van der Waals surface area contributed by atoms with Crippen LogP contribution in [-0.2, 0) is 17.9 Å². The topological polar surface area (TPSA) is 30.7 Å². The van der Waals surface area contributed by atoms with Gasteiger partial charge in [-0.25, -0.2) is 4.57 Å². The van der Waals surface area contributed by atoms with Crippen molar-refractivity contribution in [2.45, 2.75) is 31.8 Å². The molecular formula is C24H29ClN4OS3. The zero-order chi connectivity index (χ0) is 22.2. The molecule has 0 saturated carbocycles. The van der Waals surface area contributed by atoms with Crippen molar-refractivity contribution in [1.82, 2.24) is 9.80 Å². The van der Waals surface area contributed by atoms with Crippen LogP contribution in [0.5, 0.6) is 0 Å². The highest BCUT2D eigenvalue weighted by Gasteiger charge is 2.39. The van der Waals surface area contributed by atoms with Crippen LogP contribution in [0.25, 0.3) is 0 Å². The molecule has 0 radical (unpaired) electrons. The maximum Gasteiger partial charge on any atom is 0.263 e. The van der Waals surface area contributed by atoms with Gasteiger partial charge in [-0.15, -0.1) is 22.2 Å². The molecule has 0 aliphatic carbocycles. The van der Waals surface area contributed by atoms with Crippen LogP contribution in [0.15, 0.2) is 63.5 Å². The Hall–Kier alpha value is -1.45. The summed E-state index contributed by atoms with van der Waals surface area (Å²) < 4.78 is 3.70. The van der Waals surface area contributed by atoms with Gasteiger partial charge in [-0.05, 0) is 26.0 Å². The molecule has 2 fully saturated rings. The molecule has 33 heavy (non-hydrogen) atoms. The number of likely N-dealkylation sites (N-methyl/N-ethyl adjacent to an activating group) is 1. The van der Waals surface area contributed by atoms with Gasteiger partial charge in [-0.3, -0.25) is 9.69 Å². The number of rotatable bonds is 4. The fourth-order valence-corrected chi connectivity index (χ4v) is 10.1. The third kappa shape index (κ3) is 4.48. The summed E-state index contributed by atoms with van der Waals surface area (Å²) in [5, 5.41) is 1.11. The van der Waals surface area contributed by atoms with Crippen molar-refractivity contribution in [3.05, 3.63) is 64.3 Å². The molecule has 1 atom stereocenters. The largest absolute Gasteiger partial charge is 1.00 e. The monoisotopic (exact) mass is 520 g/mol. The van der Waals surface area contributed by atoms with E-state index < -0.39 is 0 Å². The summed E-state index contributed by atoms with van der Waals surface area (Å²) in [5.74, 6) is 2.10. The van der Waals surface area contributed by atoms with Crippen LogP contribution in [0.3, 0.4) is 0 Å². The van der Waals surface area contributed by atoms with Gasteiger partial charge in [-0.1, -0.05) is 30.0 Å². The number of anilines is 1. The first-order chi connectivity index (χ1) is 15.6. The Balaban J connectivity index is 0.00000259. The number of fused-ring (bicyclic) bond motifs is 1. The first-order valence-electron chi connectivity index (χ1n) is 11.1. The lowest BCUT2D eigenvalue weighted by Crippen LogP contribution is -3.00. The number of halogens is 1. The van der Waals surface area contributed by atoms with Crippen LogP contribution in [0.4, 0.5) is 5.69 Å². The van der Waals surface area contributed by atoms with E-state index in [2.05, 4.69) is 83.9 Å². The van der Waals surface area contributed by atoms with Crippen LogP contribution in [0.1, 0.15) is 19.5 Å². The van der Waals surface area contributed by atoms with E-state index in [0.717, 1.165) is 47.7 Å². The molecule has 0 spiro atoms. The van der Waals surface area contributed by atoms with Gasteiger partial charge in [0.2, 0.25) is 0 Å². The normalized spacial score (nSPS) is 23.9. The molecule has 1 aromatic heterocycles. The lowest BCUT2D eigenvalue weighted by Gasteiger charge is -2.20. The van der Waals surface area contributed by atoms with Crippen molar-refractivity contribution >= 4 is 49.9 Å². The Kier molecular flexibility index (Phi) is 7.80. The molecule has 5 rings (SSSR count). The zero-order valence-electron chi connectivity index (χ0n) is 19.2. The van der Waals surface area contributed by atoms with E-state index in [9.17, 15) is 4.79 Å². The number of aromatic nitrogens is 1. The van der Waals surface area contributed by atoms with Crippen molar-refractivity contribution in [3.8, 4) is 0 Å². The number of aryl methyl sites for hydroxylation is 1. The first-order valence-corrected chi connectivity index (χ1v) is 14.3. The standard InChI is InChI=1S/C24H29N4OS3.ClH/c1-4-26-13-9-8-10-18(26)16-28-14-15-30-24(28)32-17-27(5-2)22(29)21(32)23-25(3)19-11-6-7-12-20(19)31-23;/h6-13H,4-5,14-17H2,1-3H3;1H/q+1;/p-1. The van der Waals surface area contributed by atoms with Crippen molar-refractivity contribution in [2.24, 2.45) is 0 Å². The van der Waals surface area contributed by atoms with Crippen LogP contribution in [0.2, 0.25) is 0 Å². The van der Waals surface area contributed by atoms with Crippen LogP contribution >= 0.6 is 34.0 Å². The molecule has 3 aliphatic heterocycles. The van der Waals surface area contributed by atoms with Gasteiger partial charge in [0.15, 0.2) is 11.9 Å². The molecule has 1 unspecified atom stereocenters. The summed E-state index contributed by atoms with van der Waals surface area (Å²) in [6.45, 7) is 7.94. The SMILES string of the molecule is CCN1CS(=C2SCCN2Cc2cccc[n+]2CC)C(=C2Sc3ccccc3N2C)C1=O.[Cl-]. The first kappa shape index (κ1) is 24.7. The third-order valence-corrected chi connectivity index (χ3v) is 11.4. The molecule has 4 heterocycles. The zero-order valence-corrected chi connectivity index (χ0v) is 22.4. The van der Waals surface area contributed by atoms with Crippen molar-refractivity contribution in [3.63, 3.8) is 0 Å². The van der Waals surface area contributed by atoms with Crippen molar-refractivity contribution in [1.29, 1.82) is 0 Å². The number of hydrogen-bond donors (Lipinski definition) is 0. The molecule has 2 saturated heterocycles. The molecule has 2 aromatic rings. The quantitative estimate of drug-likeness (QED) is 0.343. The number of nitrogens with zero attached hydrogens (tertiary/aromatic N) is 4. The second kappa shape index (κ2) is 10.4. The molecule has 0 bridgehead atoms. The van der Waals surface area contributed by atoms with E-state index in [0.29, 0.717) is 0 Å². The smallest absolute Gasteiger partial charge is 0.263 e. The van der Waals surface area contributed by atoms with E-state index in [1.807, 2.05) is 16.7 Å². The van der Waals surface area contributed by atoms with E-state index >= 15 is 0 Å². The second-order valence-corrected chi connectivity index (χ2v) is 12.2. The van der Waals surface area contributed by atoms with Crippen molar-refractivity contribution in [2.75, 3.05) is 36.7 Å². The van der Waals surface area contributed by atoms with Crippen LogP contribution in [0, 0.1) is 0 Å². The number of carbonyl (C=O) groups is 1. The Bertz CT molecular complexity index is 1140. The lowest BCUT2D eigenvalue weighted by atomic mass is 10.3. The summed E-state index contributed by atoms with van der Waals surface area (Å²) in [4.78, 5) is 22.6. The fourth-order valence-electron chi connectivity index (χ4n) is 4.36. The van der Waals surface area contributed by atoms with Gasteiger partial charge in [0, 0.05) is 42.9 Å². The number of hydrogen-bond acceptors (Lipinski definition) is 4. The highest BCUT2D eigenvalue weighted by Crippen LogP contribution is 2.52. The second-order valence-electron chi connectivity index (χ2n) is 7.96. The Morgan fingerprint density at radius 1 is 1.09 bits per heavy atom. The lowest BCUT2D eigenvalue weighted by molar-refractivity contribution is -0.701. The number of pyridine rings is 1. The highest BCUT2D eigenvalue weighted by molar-refractivity contribution is 8.36. The molecule has 9 heteroatoms. The van der Waals surface area contributed by atoms with Gasteiger partial charge in [0.1, 0.15) is 11.4 Å². The summed E-state index contributed by atoms with van der Waals surface area (Å²) in [6.07, 6.45) is 2.16. The molecular weight excluding hydrogens is 492 g/mol. The van der Waals surface area contributed by atoms with Gasteiger partial charge in [0.25, 0.3) is 5.91 Å². The Morgan fingerprint density at radius 3 is 2.64 bits per heavy atom. The number of benzene rings is 1. The summed E-state index contributed by atoms with van der Waals surface area (Å²) in [7, 11) is 1.88.